The molecule has 0 saturated carbocycles. The van der Waals surface area contributed by atoms with Gasteiger partial charge in [0.2, 0.25) is 0 Å². The van der Waals surface area contributed by atoms with Gasteiger partial charge in [-0.3, -0.25) is 0 Å². The molecule has 0 atom stereocenters. The lowest BCUT2D eigenvalue weighted by atomic mass is 10.2. The molecule has 0 N–H and O–H groups in total. The van der Waals surface area contributed by atoms with Gasteiger partial charge in [0, 0.05) is 11.9 Å². The van der Waals surface area contributed by atoms with Gasteiger partial charge >= 0.3 is 0 Å². The Bertz CT molecular complexity index is 395. The van der Waals surface area contributed by atoms with E-state index in [1.165, 1.54) is 0 Å². The maximum Gasteiger partial charge on any atom is 0.175 e. The average molecular weight is 396 g/mol. The van der Waals surface area contributed by atoms with E-state index >= 15 is 0 Å². The average Bonchev–Trinajstić information content (AvgIpc) is 2.38. The van der Waals surface area contributed by atoms with Gasteiger partial charge < -0.3 is 14.2 Å². The molecule has 0 aromatic heterocycles. The van der Waals surface area contributed by atoms with Gasteiger partial charge in [0.05, 0.1) is 18.2 Å². The Labute approximate surface area is 131 Å². The highest BCUT2D eigenvalue weighted by molar-refractivity contribution is 9.10. The Morgan fingerprint density at radius 3 is 2.53 bits per heavy atom. The molecule has 0 saturated heterocycles. The zero-order chi connectivity index (χ0) is 14.3. The third-order valence-electron chi connectivity index (χ3n) is 2.37. The Kier molecular flexibility index (Phi) is 7.80. The molecule has 0 unspecified atom stereocenters. The van der Waals surface area contributed by atoms with Crippen molar-refractivity contribution in [2.75, 3.05) is 26.9 Å². The van der Waals surface area contributed by atoms with Crippen LogP contribution in [0.15, 0.2) is 16.6 Å². The van der Waals surface area contributed by atoms with Crippen molar-refractivity contribution in [1.29, 1.82) is 0 Å². The Hall–Kier alpha value is -0.260. The molecule has 1 aromatic carbocycles. The third kappa shape index (κ3) is 5.71. The number of hydrogen-bond donors (Lipinski definition) is 0. The summed E-state index contributed by atoms with van der Waals surface area (Å²) >= 11 is 6.93. The van der Waals surface area contributed by atoms with Gasteiger partial charge in [0.25, 0.3) is 0 Å². The van der Waals surface area contributed by atoms with Gasteiger partial charge in [-0.2, -0.15) is 0 Å². The molecule has 0 heterocycles. The molecule has 0 aliphatic carbocycles. The highest BCUT2D eigenvalue weighted by Gasteiger charge is 2.11. The van der Waals surface area contributed by atoms with Gasteiger partial charge in [-0.25, -0.2) is 0 Å². The van der Waals surface area contributed by atoms with Crippen LogP contribution in [0.1, 0.15) is 19.4 Å². The van der Waals surface area contributed by atoms with Crippen LogP contribution in [0.3, 0.4) is 0 Å². The van der Waals surface area contributed by atoms with Gasteiger partial charge in [-0.1, -0.05) is 29.8 Å². The lowest BCUT2D eigenvalue weighted by Gasteiger charge is -2.14. The van der Waals surface area contributed by atoms with E-state index in [4.69, 9.17) is 14.2 Å². The van der Waals surface area contributed by atoms with E-state index in [9.17, 15) is 0 Å². The monoisotopic (exact) mass is 394 g/mol. The molecule has 108 valence electrons. The van der Waals surface area contributed by atoms with Crippen LogP contribution < -0.4 is 9.47 Å². The molecular weight excluding hydrogens is 376 g/mol. The molecule has 0 bridgehead atoms. The Morgan fingerprint density at radius 2 is 1.95 bits per heavy atom. The largest absolute Gasteiger partial charge is 0.493 e. The predicted octanol–water partition coefficient (Wildman–Crippen LogP) is 4.40. The maximum absolute atomic E-state index is 5.73. The summed E-state index contributed by atoms with van der Waals surface area (Å²) in [6.07, 6.45) is 0. The molecule has 0 amide bonds. The van der Waals surface area contributed by atoms with E-state index in [1.807, 2.05) is 12.1 Å². The van der Waals surface area contributed by atoms with Crippen molar-refractivity contribution in [2.24, 2.45) is 5.92 Å². The van der Waals surface area contributed by atoms with Crippen molar-refractivity contribution in [3.63, 3.8) is 0 Å². The summed E-state index contributed by atoms with van der Waals surface area (Å²) in [6, 6.07) is 3.98. The van der Waals surface area contributed by atoms with E-state index < -0.39 is 0 Å². The zero-order valence-corrected chi connectivity index (χ0v) is 14.7. The van der Waals surface area contributed by atoms with E-state index in [0.717, 1.165) is 33.5 Å². The van der Waals surface area contributed by atoms with Crippen LogP contribution in [0.25, 0.3) is 0 Å². The van der Waals surface area contributed by atoms with Crippen molar-refractivity contribution in [3.05, 3.63) is 22.2 Å². The molecule has 1 rings (SSSR count). The summed E-state index contributed by atoms with van der Waals surface area (Å²) in [4.78, 5) is 0. The fraction of sp³-hybridized carbons (Fsp3) is 0.571. The van der Waals surface area contributed by atoms with Crippen molar-refractivity contribution in [3.8, 4) is 11.5 Å². The number of hydrogen-bond acceptors (Lipinski definition) is 3. The van der Waals surface area contributed by atoms with Crippen LogP contribution in [0, 0.1) is 5.92 Å². The zero-order valence-electron chi connectivity index (χ0n) is 11.5. The second-order valence-corrected chi connectivity index (χ2v) is 5.97. The summed E-state index contributed by atoms with van der Waals surface area (Å²) in [5, 5.41) is 0.778. The predicted molar refractivity (Wildman–Crippen MR) is 84.5 cm³/mol. The van der Waals surface area contributed by atoms with E-state index in [1.54, 1.807) is 7.11 Å². The lowest BCUT2D eigenvalue weighted by molar-refractivity contribution is 0.0808. The van der Waals surface area contributed by atoms with Crippen LogP contribution in [-0.2, 0) is 10.1 Å². The van der Waals surface area contributed by atoms with Gasteiger partial charge in [0.15, 0.2) is 11.5 Å². The fourth-order valence-electron chi connectivity index (χ4n) is 1.51. The van der Waals surface area contributed by atoms with Crippen LogP contribution in [0.4, 0.5) is 0 Å². The quantitative estimate of drug-likeness (QED) is 0.482. The van der Waals surface area contributed by atoms with Crippen LogP contribution in [0.5, 0.6) is 11.5 Å². The third-order valence-corrected chi connectivity index (χ3v) is 3.61. The normalized spacial score (nSPS) is 10.8. The molecule has 0 radical (unpaired) electrons. The van der Waals surface area contributed by atoms with Crippen molar-refractivity contribution < 1.29 is 14.2 Å². The van der Waals surface area contributed by atoms with Crippen molar-refractivity contribution >= 4 is 31.9 Å². The van der Waals surface area contributed by atoms with Crippen molar-refractivity contribution in [2.45, 2.75) is 19.2 Å². The number of alkyl halides is 1. The number of methoxy groups -OCH3 is 1. The highest BCUT2D eigenvalue weighted by atomic mass is 79.9. The first-order valence-corrected chi connectivity index (χ1v) is 8.12. The molecule has 0 fully saturated rings. The summed E-state index contributed by atoms with van der Waals surface area (Å²) < 4.78 is 17.5. The molecular formula is C14H20Br2O3. The minimum absolute atomic E-state index is 0.509. The smallest absolute Gasteiger partial charge is 0.175 e. The van der Waals surface area contributed by atoms with Gasteiger partial charge in [-0.15, -0.1) is 0 Å². The molecule has 1 aromatic rings. The van der Waals surface area contributed by atoms with Crippen molar-refractivity contribution in [1.82, 2.24) is 0 Å². The first kappa shape index (κ1) is 16.8. The molecule has 0 aliphatic rings. The minimum Gasteiger partial charge on any atom is -0.493 e. The summed E-state index contributed by atoms with van der Waals surface area (Å²) in [5.41, 5.74) is 1.13. The number of ether oxygens (including phenoxy) is 3. The van der Waals surface area contributed by atoms with Crippen LogP contribution in [-0.4, -0.2) is 26.9 Å². The molecule has 3 nitrogen and oxygen atoms in total. The molecule has 5 heteroatoms. The second-order valence-electron chi connectivity index (χ2n) is 4.56. The van der Waals surface area contributed by atoms with E-state index in [0.29, 0.717) is 19.1 Å². The highest BCUT2D eigenvalue weighted by Crippen LogP contribution is 2.37. The first-order chi connectivity index (χ1) is 9.08. The summed E-state index contributed by atoms with van der Waals surface area (Å²) in [7, 11) is 1.64. The summed E-state index contributed by atoms with van der Waals surface area (Å²) in [5.74, 6) is 1.99. The fourth-order valence-corrected chi connectivity index (χ4v) is 2.44. The number of benzene rings is 1. The minimum atomic E-state index is 0.509. The van der Waals surface area contributed by atoms with Crippen LogP contribution >= 0.6 is 31.9 Å². The first-order valence-electron chi connectivity index (χ1n) is 6.21. The Morgan fingerprint density at radius 1 is 1.21 bits per heavy atom. The Balaban J connectivity index is 2.57. The maximum atomic E-state index is 5.73. The van der Waals surface area contributed by atoms with Crippen LogP contribution in [0.2, 0.25) is 0 Å². The SMILES string of the molecule is COc1cc(CBr)cc(Br)c1OCCOCC(C)C. The van der Waals surface area contributed by atoms with E-state index in [2.05, 4.69) is 45.7 Å². The summed E-state index contributed by atoms with van der Waals surface area (Å²) in [6.45, 7) is 6.09. The molecule has 0 spiro atoms. The van der Waals surface area contributed by atoms with Gasteiger partial charge in [0.1, 0.15) is 6.61 Å². The lowest BCUT2D eigenvalue weighted by Crippen LogP contribution is -2.11. The number of rotatable bonds is 8. The second kappa shape index (κ2) is 8.82. The van der Waals surface area contributed by atoms with E-state index in [-0.39, 0.29) is 0 Å². The standard InChI is InChI=1S/C14H20Br2O3/c1-10(2)9-18-4-5-19-14-12(16)6-11(8-15)7-13(14)17-3/h6-7,10H,4-5,8-9H2,1-3H3. The number of halogens is 2. The molecule has 19 heavy (non-hydrogen) atoms. The molecule has 0 aliphatic heterocycles. The van der Waals surface area contributed by atoms with Gasteiger partial charge in [-0.05, 0) is 39.5 Å². The topological polar surface area (TPSA) is 27.7 Å².